The highest BCUT2D eigenvalue weighted by Gasteiger charge is 2.41. The summed E-state index contributed by atoms with van der Waals surface area (Å²) in [7, 11) is 0. The van der Waals surface area contributed by atoms with Crippen molar-refractivity contribution < 1.29 is 14.9 Å². The van der Waals surface area contributed by atoms with E-state index in [1.165, 1.54) is 0 Å². The van der Waals surface area contributed by atoms with Crippen molar-refractivity contribution in [2.75, 3.05) is 44.2 Å². The van der Waals surface area contributed by atoms with Crippen LogP contribution in [0.25, 0.3) is 0 Å². The number of fused-ring (bicyclic) bond motifs is 5. The molecular weight excluding hydrogens is 438 g/mol. The van der Waals surface area contributed by atoms with E-state index in [1.54, 1.807) is 4.57 Å². The molecule has 178 valence electrons. The molecule has 2 unspecified atom stereocenters. The number of ether oxygens (including phenoxy) is 1. The molecule has 0 radical (unpaired) electrons. The molecule has 2 aromatic rings. The number of rotatable bonds is 9. The number of nitrogens with zero attached hydrogens (tertiary/aromatic N) is 3. The van der Waals surface area contributed by atoms with Gasteiger partial charge in [0.2, 0.25) is 0 Å². The van der Waals surface area contributed by atoms with E-state index in [9.17, 15) is 10.2 Å². The van der Waals surface area contributed by atoms with Gasteiger partial charge in [-0.3, -0.25) is 9.47 Å². The highest BCUT2D eigenvalue weighted by atomic mass is 35.5. The van der Waals surface area contributed by atoms with Crippen LogP contribution in [-0.4, -0.2) is 65.1 Å². The summed E-state index contributed by atoms with van der Waals surface area (Å²) in [6.45, 7) is 7.84. The van der Waals surface area contributed by atoms with Crippen molar-refractivity contribution in [1.29, 1.82) is 0 Å². The number of aromatic nitrogens is 1. The topological polar surface area (TPSA) is 61.1 Å². The van der Waals surface area contributed by atoms with Crippen molar-refractivity contribution in [1.82, 2.24) is 9.47 Å². The van der Waals surface area contributed by atoms with Gasteiger partial charge >= 0.3 is 0 Å². The molecule has 0 amide bonds. The van der Waals surface area contributed by atoms with Crippen LogP contribution in [0.15, 0.2) is 36.4 Å². The van der Waals surface area contributed by atoms with Gasteiger partial charge in [-0.2, -0.15) is 0 Å². The van der Waals surface area contributed by atoms with Crippen LogP contribution in [0.4, 0.5) is 5.69 Å². The number of allylic oxidation sites excluding steroid dienone is 2. The Morgan fingerprint density at radius 2 is 1.73 bits per heavy atom. The van der Waals surface area contributed by atoms with Crippen LogP contribution in [0.2, 0.25) is 5.02 Å². The lowest BCUT2D eigenvalue weighted by molar-refractivity contribution is 0.0110. The normalized spacial score (nSPS) is 22.8. The summed E-state index contributed by atoms with van der Waals surface area (Å²) in [6, 6.07) is 8.03. The lowest BCUT2D eigenvalue weighted by Gasteiger charge is -2.37. The Hall–Kier alpha value is -2.15. The van der Waals surface area contributed by atoms with Crippen LogP contribution >= 0.6 is 11.6 Å². The molecule has 33 heavy (non-hydrogen) atoms. The first-order valence-electron chi connectivity index (χ1n) is 12.2. The third kappa shape index (κ3) is 4.48. The second kappa shape index (κ2) is 9.61. The maximum atomic E-state index is 10.9. The first-order valence-corrected chi connectivity index (χ1v) is 12.6. The molecule has 1 aromatic carbocycles. The first kappa shape index (κ1) is 22.6. The van der Waals surface area contributed by atoms with Crippen molar-refractivity contribution in [3.05, 3.63) is 52.6 Å². The number of hydrogen-bond donors (Lipinski definition) is 2. The second-order valence-corrected chi connectivity index (χ2v) is 9.97. The van der Waals surface area contributed by atoms with E-state index in [1.807, 2.05) is 18.2 Å². The summed E-state index contributed by atoms with van der Waals surface area (Å²) in [4.78, 5) is 4.79. The Morgan fingerprint density at radius 3 is 2.36 bits per heavy atom. The molecule has 0 spiro atoms. The van der Waals surface area contributed by atoms with Gasteiger partial charge in [-0.1, -0.05) is 43.2 Å². The molecule has 0 saturated carbocycles. The van der Waals surface area contributed by atoms with Gasteiger partial charge in [-0.05, 0) is 31.0 Å². The lowest BCUT2D eigenvalue weighted by Crippen LogP contribution is -2.49. The minimum absolute atomic E-state index is 0.0933. The molecule has 3 atom stereocenters. The Kier molecular flexibility index (Phi) is 6.59. The SMILES string of the molecule is CCCCOC(CN1CCN(c2cccc(Cl)c2)CC1)Cn1c(O)c2c(c1O)[C@H]1C=CC2C1. The van der Waals surface area contributed by atoms with Gasteiger partial charge in [0, 0.05) is 73.0 Å². The molecule has 2 aliphatic carbocycles. The third-order valence-electron chi connectivity index (χ3n) is 7.35. The highest BCUT2D eigenvalue weighted by Crippen LogP contribution is 2.56. The molecule has 3 aliphatic rings. The molecule has 2 N–H and O–H groups in total. The summed E-state index contributed by atoms with van der Waals surface area (Å²) < 4.78 is 7.94. The average Bonchev–Trinajstić information content (AvgIpc) is 3.50. The largest absolute Gasteiger partial charge is 0.494 e. The smallest absolute Gasteiger partial charge is 0.198 e. The zero-order valence-electron chi connectivity index (χ0n) is 19.3. The maximum absolute atomic E-state index is 10.9. The third-order valence-corrected chi connectivity index (χ3v) is 7.59. The van der Waals surface area contributed by atoms with E-state index in [-0.39, 0.29) is 29.7 Å². The number of benzene rings is 1. The van der Waals surface area contributed by atoms with Crippen LogP contribution in [0.5, 0.6) is 11.8 Å². The summed E-state index contributed by atoms with van der Waals surface area (Å²) in [5.74, 6) is 0.899. The number of piperazine rings is 1. The molecule has 2 heterocycles. The molecule has 5 rings (SSSR count). The molecule has 1 aliphatic heterocycles. The van der Waals surface area contributed by atoms with E-state index in [0.29, 0.717) is 13.2 Å². The average molecular weight is 472 g/mol. The molecule has 7 heteroatoms. The van der Waals surface area contributed by atoms with Crippen molar-refractivity contribution in [3.8, 4) is 11.8 Å². The number of unbranched alkanes of at least 4 members (excludes halogenated alkanes) is 1. The molecular formula is C26H34ClN3O3. The highest BCUT2D eigenvalue weighted by molar-refractivity contribution is 6.30. The number of anilines is 1. The Bertz CT molecular complexity index is 977. The van der Waals surface area contributed by atoms with Crippen molar-refractivity contribution >= 4 is 17.3 Å². The van der Waals surface area contributed by atoms with Gasteiger partial charge in [-0.15, -0.1) is 0 Å². The fourth-order valence-corrected chi connectivity index (χ4v) is 5.76. The van der Waals surface area contributed by atoms with Crippen molar-refractivity contribution in [2.24, 2.45) is 0 Å². The van der Waals surface area contributed by atoms with Crippen LogP contribution in [-0.2, 0) is 11.3 Å². The van der Waals surface area contributed by atoms with E-state index >= 15 is 0 Å². The lowest BCUT2D eigenvalue weighted by atomic mass is 10.0. The zero-order valence-corrected chi connectivity index (χ0v) is 20.0. The van der Waals surface area contributed by atoms with Crippen LogP contribution in [0.3, 0.4) is 0 Å². The van der Waals surface area contributed by atoms with Gasteiger partial charge in [0.15, 0.2) is 11.8 Å². The quantitative estimate of drug-likeness (QED) is 0.410. The zero-order chi connectivity index (χ0) is 22.9. The minimum atomic E-state index is -0.0933. The first-order chi connectivity index (χ1) is 16.0. The predicted molar refractivity (Wildman–Crippen MR) is 132 cm³/mol. The summed E-state index contributed by atoms with van der Waals surface area (Å²) in [6.07, 6.45) is 7.28. The van der Waals surface area contributed by atoms with Crippen molar-refractivity contribution in [3.63, 3.8) is 0 Å². The van der Waals surface area contributed by atoms with Crippen LogP contribution in [0.1, 0.15) is 49.1 Å². The molecule has 1 aromatic heterocycles. The summed E-state index contributed by atoms with van der Waals surface area (Å²) >= 11 is 6.17. The number of hydrogen-bond acceptors (Lipinski definition) is 5. The van der Waals surface area contributed by atoms with Crippen LogP contribution < -0.4 is 4.90 Å². The molecule has 1 fully saturated rings. The van der Waals surface area contributed by atoms with E-state index in [4.69, 9.17) is 16.3 Å². The fraction of sp³-hybridized carbons (Fsp3) is 0.538. The summed E-state index contributed by atoms with van der Waals surface area (Å²) in [5, 5.41) is 22.7. The van der Waals surface area contributed by atoms with Gasteiger partial charge < -0.3 is 19.8 Å². The number of halogens is 1. The Balaban J connectivity index is 1.25. The van der Waals surface area contributed by atoms with E-state index in [0.717, 1.165) is 73.8 Å². The molecule has 6 nitrogen and oxygen atoms in total. The Morgan fingerprint density at radius 1 is 1.03 bits per heavy atom. The van der Waals surface area contributed by atoms with Gasteiger partial charge in [0.1, 0.15) is 0 Å². The van der Waals surface area contributed by atoms with Crippen LogP contribution in [0, 0.1) is 0 Å². The predicted octanol–water partition coefficient (Wildman–Crippen LogP) is 4.70. The fourth-order valence-electron chi connectivity index (χ4n) is 5.57. The van der Waals surface area contributed by atoms with Gasteiger partial charge in [-0.25, -0.2) is 0 Å². The Labute approximate surface area is 201 Å². The molecule has 1 saturated heterocycles. The van der Waals surface area contributed by atoms with Gasteiger partial charge in [0.25, 0.3) is 0 Å². The number of aromatic hydroxyl groups is 2. The second-order valence-electron chi connectivity index (χ2n) is 9.53. The molecule has 2 bridgehead atoms. The minimum Gasteiger partial charge on any atom is -0.494 e. The monoisotopic (exact) mass is 471 g/mol. The maximum Gasteiger partial charge on any atom is 0.198 e. The van der Waals surface area contributed by atoms with E-state index < -0.39 is 0 Å². The van der Waals surface area contributed by atoms with Crippen molar-refractivity contribution in [2.45, 2.75) is 50.7 Å². The summed E-state index contributed by atoms with van der Waals surface area (Å²) in [5.41, 5.74) is 3.00. The van der Waals surface area contributed by atoms with E-state index in [2.05, 4.69) is 34.9 Å². The standard InChI is InChI=1S/C26H34ClN3O3/c1-2-3-13-33-22(16-28-9-11-29(12-10-28)21-6-4-5-20(27)15-21)17-30-25(31)23-18-7-8-19(14-18)24(23)26(30)32/h4-8,15,18-19,22,31-32H,2-3,9-14,16-17H2,1H3/t18-,19?,22?/m0/s1. The van der Waals surface area contributed by atoms with Gasteiger partial charge in [0.05, 0.1) is 12.6 Å².